The second-order valence-corrected chi connectivity index (χ2v) is 12.6. The summed E-state index contributed by atoms with van der Waals surface area (Å²) in [5.74, 6) is 0. The number of aromatic nitrogens is 1. The Balaban J connectivity index is 1.35. The van der Waals surface area contributed by atoms with Gasteiger partial charge in [-0.05, 0) is 90.7 Å². The minimum atomic E-state index is -0.543. The van der Waals surface area contributed by atoms with E-state index in [1.807, 2.05) is 6.07 Å². The number of benzene rings is 7. The van der Waals surface area contributed by atoms with Gasteiger partial charge in [0.1, 0.15) is 0 Å². The van der Waals surface area contributed by atoms with Crippen LogP contribution in [0.1, 0.15) is 27.8 Å². The lowest BCUT2D eigenvalue weighted by atomic mass is 9.67. The van der Waals surface area contributed by atoms with E-state index < -0.39 is 5.41 Å². The zero-order valence-corrected chi connectivity index (χ0v) is 26.7. The maximum Gasteiger partial charge on any atom is 0.0992 e. The second-order valence-electron chi connectivity index (χ2n) is 12.6. The Labute approximate surface area is 286 Å². The molecule has 0 saturated carbocycles. The van der Waals surface area contributed by atoms with Crippen molar-refractivity contribution < 1.29 is 0 Å². The fourth-order valence-electron chi connectivity index (χ4n) is 7.87. The van der Waals surface area contributed by atoms with Crippen LogP contribution in [0.25, 0.3) is 55.4 Å². The summed E-state index contributed by atoms with van der Waals surface area (Å²) in [6.07, 6.45) is 1.70. The topological polar surface area (TPSA) is 36.7 Å². The van der Waals surface area contributed by atoms with Crippen molar-refractivity contribution in [2.45, 2.75) is 5.41 Å². The normalized spacial score (nSPS) is 12.6. The summed E-state index contributed by atoms with van der Waals surface area (Å²) in [4.78, 5) is 4.54. The Kier molecular flexibility index (Phi) is 6.78. The van der Waals surface area contributed by atoms with Crippen LogP contribution in [0.4, 0.5) is 0 Å². The summed E-state index contributed by atoms with van der Waals surface area (Å²) in [5.41, 5.74) is 14.2. The van der Waals surface area contributed by atoms with E-state index in [-0.39, 0.29) is 0 Å². The molecule has 2 heteroatoms. The monoisotopic (exact) mass is 622 g/mol. The highest BCUT2D eigenvalue weighted by molar-refractivity contribution is 6.10. The molecule has 1 aliphatic carbocycles. The van der Waals surface area contributed by atoms with Crippen molar-refractivity contribution in [3.63, 3.8) is 0 Å². The quantitative estimate of drug-likeness (QED) is 0.191. The van der Waals surface area contributed by atoms with Crippen LogP contribution < -0.4 is 0 Å². The molecule has 0 spiro atoms. The van der Waals surface area contributed by atoms with Crippen molar-refractivity contribution in [2.24, 2.45) is 0 Å². The van der Waals surface area contributed by atoms with Crippen molar-refractivity contribution in [2.75, 3.05) is 0 Å². The maximum absolute atomic E-state index is 9.45. The van der Waals surface area contributed by atoms with Crippen LogP contribution in [-0.2, 0) is 5.41 Å². The van der Waals surface area contributed by atoms with Crippen molar-refractivity contribution in [1.29, 1.82) is 5.26 Å². The first-order valence-electron chi connectivity index (χ1n) is 16.6. The Morgan fingerprint density at radius 3 is 1.71 bits per heavy atom. The first-order valence-corrected chi connectivity index (χ1v) is 16.6. The van der Waals surface area contributed by atoms with Gasteiger partial charge in [-0.3, -0.25) is 4.98 Å². The predicted octanol–water partition coefficient (Wildman–Crippen LogP) is 11.5. The summed E-state index contributed by atoms with van der Waals surface area (Å²) in [6, 6.07) is 65.4. The smallest absolute Gasteiger partial charge is 0.0992 e. The number of hydrogen-bond acceptors (Lipinski definition) is 2. The minimum absolute atomic E-state index is 0.543. The molecule has 0 fully saturated rings. The molecule has 7 aromatic carbocycles. The molecule has 49 heavy (non-hydrogen) atoms. The van der Waals surface area contributed by atoms with Gasteiger partial charge in [0.25, 0.3) is 0 Å². The molecule has 228 valence electrons. The van der Waals surface area contributed by atoms with E-state index in [1.165, 1.54) is 60.8 Å². The number of hydrogen-bond donors (Lipinski definition) is 0. The molecule has 0 saturated heterocycles. The SMILES string of the molecule is N#Cc1ccnc(-c2ccc(-c3cc4c(c5ccccc35)-c3ccc(-c5ccccc5)cc3C4(c3ccccc3)c3ccccc3)cc2)c1. The molecule has 9 rings (SSSR count). The van der Waals surface area contributed by atoms with E-state index >= 15 is 0 Å². The largest absolute Gasteiger partial charge is 0.256 e. The number of pyridine rings is 1. The second kappa shape index (κ2) is 11.6. The van der Waals surface area contributed by atoms with Crippen LogP contribution in [0.15, 0.2) is 182 Å². The van der Waals surface area contributed by atoms with Gasteiger partial charge >= 0.3 is 0 Å². The fourth-order valence-corrected chi connectivity index (χ4v) is 7.87. The van der Waals surface area contributed by atoms with E-state index in [2.05, 4.69) is 175 Å². The molecule has 1 aliphatic rings. The maximum atomic E-state index is 9.45. The molecule has 1 heterocycles. The average Bonchev–Trinajstić information content (AvgIpc) is 3.49. The van der Waals surface area contributed by atoms with Gasteiger partial charge in [-0.2, -0.15) is 5.26 Å². The van der Waals surface area contributed by atoms with Gasteiger partial charge in [0.15, 0.2) is 0 Å². The third-order valence-corrected chi connectivity index (χ3v) is 10.0. The van der Waals surface area contributed by atoms with E-state index in [0.717, 1.165) is 16.8 Å². The average molecular weight is 623 g/mol. The van der Waals surface area contributed by atoms with Gasteiger partial charge < -0.3 is 0 Å². The molecule has 0 N–H and O–H groups in total. The first kappa shape index (κ1) is 28.6. The number of nitrogens with zero attached hydrogens (tertiary/aromatic N) is 2. The molecular formula is C47H30N2. The van der Waals surface area contributed by atoms with Crippen LogP contribution >= 0.6 is 0 Å². The summed E-state index contributed by atoms with van der Waals surface area (Å²) >= 11 is 0. The van der Waals surface area contributed by atoms with E-state index in [0.29, 0.717) is 5.56 Å². The molecule has 0 radical (unpaired) electrons. The van der Waals surface area contributed by atoms with Crippen LogP contribution in [0, 0.1) is 11.3 Å². The van der Waals surface area contributed by atoms with Gasteiger partial charge in [-0.15, -0.1) is 0 Å². The summed E-state index contributed by atoms with van der Waals surface area (Å²) in [6.45, 7) is 0. The van der Waals surface area contributed by atoms with Crippen molar-refractivity contribution in [3.05, 3.63) is 210 Å². The van der Waals surface area contributed by atoms with Crippen LogP contribution in [0.3, 0.4) is 0 Å². The van der Waals surface area contributed by atoms with Gasteiger partial charge in [-0.25, -0.2) is 0 Å². The highest BCUT2D eigenvalue weighted by atomic mass is 14.7. The Bertz CT molecular complexity index is 2490. The van der Waals surface area contributed by atoms with E-state index in [4.69, 9.17) is 0 Å². The molecule has 0 atom stereocenters. The number of nitriles is 1. The molecule has 0 aliphatic heterocycles. The Morgan fingerprint density at radius 1 is 0.449 bits per heavy atom. The lowest BCUT2D eigenvalue weighted by molar-refractivity contribution is 0.769. The molecule has 8 aromatic rings. The van der Waals surface area contributed by atoms with Gasteiger partial charge in [0.05, 0.1) is 22.7 Å². The van der Waals surface area contributed by atoms with Crippen molar-refractivity contribution in [1.82, 2.24) is 4.98 Å². The van der Waals surface area contributed by atoms with Crippen molar-refractivity contribution in [3.8, 4) is 50.7 Å². The molecule has 0 unspecified atom stereocenters. The van der Waals surface area contributed by atoms with Gasteiger partial charge in [0, 0.05) is 11.8 Å². The van der Waals surface area contributed by atoms with Crippen LogP contribution in [-0.4, -0.2) is 4.98 Å². The lowest BCUT2D eigenvalue weighted by Gasteiger charge is -2.34. The third-order valence-electron chi connectivity index (χ3n) is 10.0. The lowest BCUT2D eigenvalue weighted by Crippen LogP contribution is -2.28. The highest BCUT2D eigenvalue weighted by Crippen LogP contribution is 2.59. The van der Waals surface area contributed by atoms with Gasteiger partial charge in [-0.1, -0.05) is 152 Å². The van der Waals surface area contributed by atoms with Gasteiger partial charge in [0.2, 0.25) is 0 Å². The number of rotatable bonds is 5. The summed E-state index contributed by atoms with van der Waals surface area (Å²) in [5, 5.41) is 11.9. The molecular weight excluding hydrogens is 593 g/mol. The summed E-state index contributed by atoms with van der Waals surface area (Å²) in [7, 11) is 0. The molecule has 2 nitrogen and oxygen atoms in total. The van der Waals surface area contributed by atoms with E-state index in [9.17, 15) is 5.26 Å². The summed E-state index contributed by atoms with van der Waals surface area (Å²) < 4.78 is 0. The zero-order chi connectivity index (χ0) is 32.8. The number of fused-ring (bicyclic) bond motifs is 5. The Morgan fingerprint density at radius 2 is 1.04 bits per heavy atom. The third kappa shape index (κ3) is 4.52. The zero-order valence-electron chi connectivity index (χ0n) is 26.7. The molecule has 1 aromatic heterocycles. The molecule has 0 amide bonds. The van der Waals surface area contributed by atoms with Crippen LogP contribution in [0.5, 0.6) is 0 Å². The highest BCUT2D eigenvalue weighted by Gasteiger charge is 2.47. The van der Waals surface area contributed by atoms with Crippen LogP contribution in [0.2, 0.25) is 0 Å². The molecule has 0 bridgehead atoms. The minimum Gasteiger partial charge on any atom is -0.256 e. The van der Waals surface area contributed by atoms with Crippen molar-refractivity contribution >= 4 is 10.8 Å². The van der Waals surface area contributed by atoms with E-state index in [1.54, 1.807) is 12.3 Å². The Hall–Kier alpha value is -6.56. The predicted molar refractivity (Wildman–Crippen MR) is 200 cm³/mol. The first-order chi connectivity index (χ1) is 24.3. The fraction of sp³-hybridized carbons (Fsp3) is 0.0213. The standard InChI is InChI=1S/C47H30N2/c48-31-32-26-27-49-45(28-32)35-22-20-34(21-23-35)42-30-44-46(40-19-11-10-18-39(40)42)41-25-24-36(33-12-4-1-5-13-33)29-43(41)47(44,37-14-6-2-7-15-37)38-16-8-3-9-17-38/h1-30H.